The first-order valence-corrected chi connectivity index (χ1v) is 7.73. The van der Waals surface area contributed by atoms with E-state index in [-0.39, 0.29) is 30.3 Å². The lowest BCUT2D eigenvalue weighted by Gasteiger charge is -2.14. The number of rotatable bonds is 6. The number of carbonyl (C=O) groups is 1. The van der Waals surface area contributed by atoms with Gasteiger partial charge >= 0.3 is 5.97 Å². The van der Waals surface area contributed by atoms with Crippen LogP contribution in [0.4, 0.5) is 0 Å². The summed E-state index contributed by atoms with van der Waals surface area (Å²) in [6.45, 7) is 3.75. The summed E-state index contributed by atoms with van der Waals surface area (Å²) in [5.74, 6) is -1.33. The van der Waals surface area contributed by atoms with Gasteiger partial charge in [-0.2, -0.15) is 0 Å². The van der Waals surface area contributed by atoms with Crippen molar-refractivity contribution in [3.8, 4) is 11.5 Å². The molecule has 0 amide bonds. The minimum absolute atomic E-state index is 0.0310. The molecule has 0 radical (unpaired) electrons. The van der Waals surface area contributed by atoms with Crippen LogP contribution in [0.25, 0.3) is 0 Å². The summed E-state index contributed by atoms with van der Waals surface area (Å²) in [4.78, 5) is 10.6. The fourth-order valence-corrected chi connectivity index (χ4v) is 2.42. The lowest BCUT2D eigenvalue weighted by molar-refractivity contribution is 0.0696. The maximum Gasteiger partial charge on any atom is 0.335 e. The SMILES string of the molecule is CCOc1cc(C(=O)O)cc(S(=O)(=O)Cl)c1OCC. The Kier molecular flexibility index (Phi) is 5.02. The molecule has 106 valence electrons. The molecule has 19 heavy (non-hydrogen) atoms. The molecule has 0 aliphatic heterocycles. The molecule has 0 aliphatic rings. The summed E-state index contributed by atoms with van der Waals surface area (Å²) in [7, 11) is 1.14. The van der Waals surface area contributed by atoms with Crippen LogP contribution in [-0.2, 0) is 9.05 Å². The summed E-state index contributed by atoms with van der Waals surface area (Å²) < 4.78 is 33.4. The number of carboxylic acids is 1. The fraction of sp³-hybridized carbons (Fsp3) is 0.364. The lowest BCUT2D eigenvalue weighted by Crippen LogP contribution is -2.07. The van der Waals surface area contributed by atoms with Crippen molar-refractivity contribution < 1.29 is 27.8 Å². The van der Waals surface area contributed by atoms with Gasteiger partial charge in [-0.3, -0.25) is 0 Å². The molecule has 0 bridgehead atoms. The topological polar surface area (TPSA) is 89.9 Å². The van der Waals surface area contributed by atoms with Gasteiger partial charge in [-0.25, -0.2) is 13.2 Å². The molecule has 1 aromatic rings. The number of ether oxygens (including phenoxy) is 2. The molecule has 1 aromatic carbocycles. The second kappa shape index (κ2) is 6.12. The molecule has 0 atom stereocenters. The molecule has 0 aromatic heterocycles. The van der Waals surface area contributed by atoms with E-state index in [0.717, 1.165) is 6.07 Å². The molecule has 0 saturated carbocycles. The Morgan fingerprint density at radius 3 is 2.26 bits per heavy atom. The van der Waals surface area contributed by atoms with Gasteiger partial charge in [-0.05, 0) is 26.0 Å². The highest BCUT2D eigenvalue weighted by atomic mass is 35.7. The van der Waals surface area contributed by atoms with E-state index < -0.39 is 19.9 Å². The molecule has 1 rings (SSSR count). The Morgan fingerprint density at radius 2 is 1.84 bits per heavy atom. The summed E-state index contributed by atoms with van der Waals surface area (Å²) in [5, 5.41) is 8.95. The van der Waals surface area contributed by atoms with Crippen molar-refractivity contribution in [2.75, 3.05) is 13.2 Å². The molecule has 0 fully saturated rings. The molecule has 6 nitrogen and oxygen atoms in total. The van der Waals surface area contributed by atoms with Crippen LogP contribution in [0.15, 0.2) is 17.0 Å². The quantitative estimate of drug-likeness (QED) is 0.809. The molecule has 0 spiro atoms. The Balaban J connectivity index is 3.60. The van der Waals surface area contributed by atoms with Gasteiger partial charge in [0.05, 0.1) is 18.8 Å². The zero-order chi connectivity index (χ0) is 14.6. The largest absolute Gasteiger partial charge is 0.490 e. The monoisotopic (exact) mass is 308 g/mol. The van der Waals surface area contributed by atoms with Crippen molar-refractivity contribution in [2.45, 2.75) is 18.7 Å². The van der Waals surface area contributed by atoms with Crippen molar-refractivity contribution in [1.29, 1.82) is 0 Å². The minimum Gasteiger partial charge on any atom is -0.490 e. The molecular weight excluding hydrogens is 296 g/mol. The third-order valence-corrected chi connectivity index (χ3v) is 3.45. The van der Waals surface area contributed by atoms with Gasteiger partial charge in [0, 0.05) is 10.7 Å². The predicted molar refractivity (Wildman–Crippen MR) is 68.8 cm³/mol. The Bertz CT molecular complexity index is 581. The molecular formula is C11H13ClO6S. The van der Waals surface area contributed by atoms with Crippen LogP contribution in [0, 0.1) is 0 Å². The van der Waals surface area contributed by atoms with Gasteiger partial charge in [0.15, 0.2) is 11.5 Å². The second-order valence-corrected chi connectivity index (χ2v) is 5.95. The van der Waals surface area contributed by atoms with Crippen molar-refractivity contribution in [1.82, 2.24) is 0 Å². The van der Waals surface area contributed by atoms with Gasteiger partial charge < -0.3 is 14.6 Å². The Labute approximate surface area is 115 Å². The smallest absolute Gasteiger partial charge is 0.335 e. The average molecular weight is 309 g/mol. The second-order valence-electron chi connectivity index (χ2n) is 3.41. The van der Waals surface area contributed by atoms with E-state index >= 15 is 0 Å². The van der Waals surface area contributed by atoms with Crippen LogP contribution in [0.3, 0.4) is 0 Å². The van der Waals surface area contributed by atoms with E-state index in [0.29, 0.717) is 0 Å². The van der Waals surface area contributed by atoms with Crippen molar-refractivity contribution in [3.63, 3.8) is 0 Å². The highest BCUT2D eigenvalue weighted by Gasteiger charge is 2.24. The van der Waals surface area contributed by atoms with Crippen molar-refractivity contribution in [3.05, 3.63) is 17.7 Å². The summed E-state index contributed by atoms with van der Waals surface area (Å²) in [5.41, 5.74) is -0.244. The first-order chi connectivity index (χ1) is 8.81. The van der Waals surface area contributed by atoms with Gasteiger partial charge in [-0.15, -0.1) is 0 Å². The summed E-state index contributed by atoms with van der Waals surface area (Å²) in [6, 6.07) is 2.14. The molecule has 0 heterocycles. The first-order valence-electron chi connectivity index (χ1n) is 5.42. The van der Waals surface area contributed by atoms with Gasteiger partial charge in [0.1, 0.15) is 4.90 Å². The van der Waals surface area contributed by atoms with Crippen LogP contribution in [0.1, 0.15) is 24.2 Å². The first kappa shape index (κ1) is 15.6. The van der Waals surface area contributed by atoms with E-state index in [4.69, 9.17) is 25.3 Å². The molecule has 0 saturated heterocycles. The van der Waals surface area contributed by atoms with Crippen molar-refractivity contribution in [2.24, 2.45) is 0 Å². The zero-order valence-corrected chi connectivity index (χ0v) is 11.9. The van der Waals surface area contributed by atoms with Crippen molar-refractivity contribution >= 4 is 25.7 Å². The predicted octanol–water partition coefficient (Wildman–Crippen LogP) is 2.11. The number of hydrogen-bond donors (Lipinski definition) is 1. The highest BCUT2D eigenvalue weighted by Crippen LogP contribution is 2.37. The van der Waals surface area contributed by atoms with E-state index in [1.165, 1.54) is 6.07 Å². The number of carboxylic acid groups (broad SMARTS) is 1. The van der Waals surface area contributed by atoms with Crippen LogP contribution in [-0.4, -0.2) is 32.7 Å². The molecule has 1 N–H and O–H groups in total. The van der Waals surface area contributed by atoms with E-state index in [1.54, 1.807) is 13.8 Å². The van der Waals surface area contributed by atoms with Gasteiger partial charge in [0.25, 0.3) is 9.05 Å². The molecule has 8 heteroatoms. The average Bonchev–Trinajstić information content (AvgIpc) is 2.29. The lowest BCUT2D eigenvalue weighted by atomic mass is 10.2. The van der Waals surface area contributed by atoms with Gasteiger partial charge in [-0.1, -0.05) is 0 Å². The minimum atomic E-state index is -4.15. The number of benzene rings is 1. The van der Waals surface area contributed by atoms with E-state index in [9.17, 15) is 13.2 Å². The molecule has 0 aliphatic carbocycles. The highest BCUT2D eigenvalue weighted by molar-refractivity contribution is 8.13. The zero-order valence-electron chi connectivity index (χ0n) is 10.3. The third-order valence-electron chi connectivity index (χ3n) is 2.12. The Hall–Kier alpha value is -1.47. The number of halogens is 1. The van der Waals surface area contributed by atoms with Crippen LogP contribution in [0.2, 0.25) is 0 Å². The normalized spacial score (nSPS) is 11.1. The maximum atomic E-state index is 11.5. The standard InChI is InChI=1S/C11H13ClO6S/c1-3-17-8-5-7(11(13)14)6-9(19(12,15)16)10(8)18-4-2/h5-6H,3-4H2,1-2H3,(H,13,14). The van der Waals surface area contributed by atoms with E-state index in [1.807, 2.05) is 0 Å². The maximum absolute atomic E-state index is 11.5. The number of aromatic carboxylic acids is 1. The van der Waals surface area contributed by atoms with E-state index in [2.05, 4.69) is 0 Å². The third kappa shape index (κ3) is 3.74. The molecule has 0 unspecified atom stereocenters. The fourth-order valence-electron chi connectivity index (χ4n) is 1.43. The summed E-state index contributed by atoms with van der Waals surface area (Å²) >= 11 is 0. The van der Waals surface area contributed by atoms with Crippen LogP contribution >= 0.6 is 10.7 Å². The van der Waals surface area contributed by atoms with Crippen LogP contribution in [0.5, 0.6) is 11.5 Å². The van der Waals surface area contributed by atoms with Gasteiger partial charge in [0.2, 0.25) is 0 Å². The number of hydrogen-bond acceptors (Lipinski definition) is 5. The Morgan fingerprint density at radius 1 is 1.26 bits per heavy atom. The van der Waals surface area contributed by atoms with Crippen LogP contribution < -0.4 is 9.47 Å². The summed E-state index contributed by atoms with van der Waals surface area (Å²) in [6.07, 6.45) is 0.